The van der Waals surface area contributed by atoms with Crippen molar-refractivity contribution in [2.24, 2.45) is 0 Å². The van der Waals surface area contributed by atoms with E-state index in [1.807, 2.05) is 0 Å². The Bertz CT molecular complexity index is 1100. The summed E-state index contributed by atoms with van der Waals surface area (Å²) in [7, 11) is 0. The van der Waals surface area contributed by atoms with E-state index < -0.39 is 0 Å². The fourth-order valence-corrected chi connectivity index (χ4v) is 4.11. The highest BCUT2D eigenvalue weighted by Gasteiger charge is 2.11. The fourth-order valence-electron chi connectivity index (χ4n) is 4.11. The van der Waals surface area contributed by atoms with E-state index >= 15 is 0 Å². The van der Waals surface area contributed by atoms with Crippen molar-refractivity contribution in [2.75, 3.05) is 6.61 Å². The molecule has 0 aliphatic heterocycles. The van der Waals surface area contributed by atoms with E-state index in [0.717, 1.165) is 50.1 Å². The molecule has 0 bridgehead atoms. The molecule has 31 heavy (non-hydrogen) atoms. The molecule has 0 unspecified atom stereocenters. The number of hydrogen-bond acceptors (Lipinski definition) is 2. The maximum absolute atomic E-state index is 6.12. The first-order valence-electron chi connectivity index (χ1n) is 11.4. The Labute approximate surface area is 185 Å². The van der Waals surface area contributed by atoms with E-state index in [1.54, 1.807) is 0 Å². The van der Waals surface area contributed by atoms with Gasteiger partial charge in [-0.2, -0.15) is 0 Å². The first-order valence-corrected chi connectivity index (χ1v) is 11.4. The van der Waals surface area contributed by atoms with E-state index in [2.05, 4.69) is 97.3 Å². The maximum Gasteiger partial charge on any atom is 0.122 e. The van der Waals surface area contributed by atoms with Gasteiger partial charge in [-0.05, 0) is 54.5 Å². The quantitative estimate of drug-likeness (QED) is 0.268. The second-order valence-corrected chi connectivity index (χ2v) is 8.40. The number of imidazole rings is 1. The van der Waals surface area contributed by atoms with Crippen molar-refractivity contribution in [3.63, 3.8) is 0 Å². The van der Waals surface area contributed by atoms with E-state index in [-0.39, 0.29) is 0 Å². The highest BCUT2D eigenvalue weighted by Crippen LogP contribution is 2.26. The molecule has 4 rings (SSSR count). The van der Waals surface area contributed by atoms with Crippen LogP contribution in [0, 0.1) is 0 Å². The number of ether oxygens (including phenoxy) is 1. The molecule has 0 radical (unpaired) electrons. The Morgan fingerprint density at radius 1 is 0.806 bits per heavy atom. The van der Waals surface area contributed by atoms with Crippen LogP contribution >= 0.6 is 0 Å². The molecule has 4 aromatic rings. The first-order chi connectivity index (χ1) is 15.2. The standard InChI is InChI=1S/C28H32N2O/c1-22(2)24-14-6-9-17-27(24)31-21-11-10-20-30-26-16-8-7-15-25(26)29-28(30)19-18-23-12-4-3-5-13-23/h3-9,12-17,22H,10-11,18-21H2,1-2H3. The average Bonchev–Trinajstić information content (AvgIpc) is 3.16. The minimum Gasteiger partial charge on any atom is -0.493 e. The van der Waals surface area contributed by atoms with Gasteiger partial charge >= 0.3 is 0 Å². The first kappa shape index (κ1) is 21.2. The second-order valence-electron chi connectivity index (χ2n) is 8.40. The third-order valence-electron chi connectivity index (χ3n) is 5.79. The Morgan fingerprint density at radius 3 is 2.39 bits per heavy atom. The van der Waals surface area contributed by atoms with Crippen LogP contribution in [0.2, 0.25) is 0 Å². The van der Waals surface area contributed by atoms with Crippen LogP contribution in [-0.4, -0.2) is 16.2 Å². The lowest BCUT2D eigenvalue weighted by molar-refractivity contribution is 0.299. The van der Waals surface area contributed by atoms with Gasteiger partial charge in [-0.1, -0.05) is 74.5 Å². The zero-order valence-electron chi connectivity index (χ0n) is 18.6. The number of para-hydroxylation sites is 3. The van der Waals surface area contributed by atoms with Crippen LogP contribution in [0.4, 0.5) is 0 Å². The van der Waals surface area contributed by atoms with Crippen LogP contribution in [0.1, 0.15) is 49.6 Å². The van der Waals surface area contributed by atoms with Crippen molar-refractivity contribution in [2.45, 2.75) is 52.0 Å². The Morgan fingerprint density at radius 2 is 1.55 bits per heavy atom. The Hall–Kier alpha value is -3.07. The molecule has 0 amide bonds. The molecule has 0 saturated carbocycles. The number of rotatable bonds is 10. The number of fused-ring (bicyclic) bond motifs is 1. The molecular formula is C28H32N2O. The summed E-state index contributed by atoms with van der Waals surface area (Å²) < 4.78 is 8.52. The Balaban J connectivity index is 1.37. The highest BCUT2D eigenvalue weighted by molar-refractivity contribution is 5.75. The molecule has 3 nitrogen and oxygen atoms in total. The summed E-state index contributed by atoms with van der Waals surface area (Å²) in [5.74, 6) is 2.67. The summed E-state index contributed by atoms with van der Waals surface area (Å²) in [5, 5.41) is 0. The largest absolute Gasteiger partial charge is 0.493 e. The summed E-state index contributed by atoms with van der Waals surface area (Å²) in [6, 6.07) is 27.5. The van der Waals surface area contributed by atoms with Gasteiger partial charge in [-0.3, -0.25) is 0 Å². The Kier molecular flexibility index (Phi) is 7.03. The zero-order chi connectivity index (χ0) is 21.5. The molecule has 0 aliphatic carbocycles. The fraction of sp³-hybridized carbons (Fsp3) is 0.321. The molecule has 0 aliphatic rings. The summed E-state index contributed by atoms with van der Waals surface area (Å²) in [6.45, 7) is 6.14. The molecule has 0 atom stereocenters. The third-order valence-corrected chi connectivity index (χ3v) is 5.79. The van der Waals surface area contributed by atoms with Crippen molar-refractivity contribution in [1.82, 2.24) is 9.55 Å². The topological polar surface area (TPSA) is 27.1 Å². The number of unbranched alkanes of at least 4 members (excludes halogenated alkanes) is 1. The number of hydrogen-bond donors (Lipinski definition) is 0. The average molecular weight is 413 g/mol. The van der Waals surface area contributed by atoms with Crippen LogP contribution in [-0.2, 0) is 19.4 Å². The zero-order valence-corrected chi connectivity index (χ0v) is 18.6. The number of aromatic nitrogens is 2. The van der Waals surface area contributed by atoms with Gasteiger partial charge in [0.15, 0.2) is 0 Å². The van der Waals surface area contributed by atoms with Gasteiger partial charge in [-0.15, -0.1) is 0 Å². The van der Waals surface area contributed by atoms with Gasteiger partial charge in [0.05, 0.1) is 17.6 Å². The van der Waals surface area contributed by atoms with Crippen molar-refractivity contribution < 1.29 is 4.74 Å². The summed E-state index contributed by atoms with van der Waals surface area (Å²) in [5.41, 5.74) is 4.97. The smallest absolute Gasteiger partial charge is 0.122 e. The number of aryl methyl sites for hydroxylation is 3. The lowest BCUT2D eigenvalue weighted by Crippen LogP contribution is -2.07. The van der Waals surface area contributed by atoms with Crippen LogP contribution in [0.15, 0.2) is 78.9 Å². The van der Waals surface area contributed by atoms with Crippen LogP contribution in [0.25, 0.3) is 11.0 Å². The molecule has 1 aromatic heterocycles. The predicted molar refractivity (Wildman–Crippen MR) is 129 cm³/mol. The molecule has 3 aromatic carbocycles. The third kappa shape index (κ3) is 5.35. The molecule has 160 valence electrons. The van der Waals surface area contributed by atoms with E-state index in [4.69, 9.17) is 9.72 Å². The van der Waals surface area contributed by atoms with Gasteiger partial charge in [0.2, 0.25) is 0 Å². The lowest BCUT2D eigenvalue weighted by atomic mass is 10.0. The van der Waals surface area contributed by atoms with Gasteiger partial charge in [0.1, 0.15) is 11.6 Å². The van der Waals surface area contributed by atoms with Crippen molar-refractivity contribution in [1.29, 1.82) is 0 Å². The summed E-state index contributed by atoms with van der Waals surface area (Å²) in [6.07, 6.45) is 4.07. The van der Waals surface area contributed by atoms with Gasteiger partial charge in [-0.25, -0.2) is 4.98 Å². The minimum atomic E-state index is 0.473. The summed E-state index contributed by atoms with van der Waals surface area (Å²) in [4.78, 5) is 4.94. The second kappa shape index (κ2) is 10.3. The van der Waals surface area contributed by atoms with E-state index in [0.29, 0.717) is 5.92 Å². The van der Waals surface area contributed by atoms with Gasteiger partial charge in [0.25, 0.3) is 0 Å². The monoisotopic (exact) mass is 412 g/mol. The van der Waals surface area contributed by atoms with Crippen LogP contribution in [0.3, 0.4) is 0 Å². The molecular weight excluding hydrogens is 380 g/mol. The van der Waals surface area contributed by atoms with Crippen LogP contribution < -0.4 is 4.74 Å². The van der Waals surface area contributed by atoms with E-state index in [9.17, 15) is 0 Å². The molecule has 0 spiro atoms. The highest BCUT2D eigenvalue weighted by atomic mass is 16.5. The SMILES string of the molecule is CC(C)c1ccccc1OCCCCn1c(CCc2ccccc2)nc2ccccc21. The van der Waals surface area contributed by atoms with Crippen molar-refractivity contribution >= 4 is 11.0 Å². The maximum atomic E-state index is 6.12. The normalized spacial score (nSPS) is 11.3. The molecule has 0 saturated heterocycles. The lowest BCUT2D eigenvalue weighted by Gasteiger charge is -2.14. The number of nitrogens with zero attached hydrogens (tertiary/aromatic N) is 2. The van der Waals surface area contributed by atoms with Crippen LogP contribution in [0.5, 0.6) is 5.75 Å². The van der Waals surface area contributed by atoms with Gasteiger partial charge < -0.3 is 9.30 Å². The molecule has 3 heteroatoms. The van der Waals surface area contributed by atoms with E-state index in [1.165, 1.54) is 22.5 Å². The molecule has 0 fully saturated rings. The molecule has 1 heterocycles. The number of benzene rings is 3. The van der Waals surface area contributed by atoms with Crippen molar-refractivity contribution in [3.05, 3.63) is 95.8 Å². The van der Waals surface area contributed by atoms with Crippen molar-refractivity contribution in [3.8, 4) is 5.75 Å². The summed E-state index contributed by atoms with van der Waals surface area (Å²) >= 11 is 0. The minimum absolute atomic E-state index is 0.473. The predicted octanol–water partition coefficient (Wildman–Crippen LogP) is 6.80. The molecule has 0 N–H and O–H groups in total. The van der Waals surface area contributed by atoms with Gasteiger partial charge in [0, 0.05) is 13.0 Å².